The molecule has 1 aliphatic rings. The second-order valence-electron chi connectivity index (χ2n) is 4.84. The third kappa shape index (κ3) is 3.95. The zero-order valence-corrected chi connectivity index (χ0v) is 12.5. The number of alkyl halides is 1. The molecular formula is C12H19ClN2O3S. The van der Waals surface area contributed by atoms with Gasteiger partial charge in [-0.05, 0) is 24.8 Å². The molecule has 1 aliphatic carbocycles. The molecule has 0 aromatic carbocycles. The number of likely N-dealkylation sites (N-methyl/N-ethyl adjacent to an activating group) is 1. The van der Waals surface area contributed by atoms with E-state index in [2.05, 4.69) is 4.98 Å². The summed E-state index contributed by atoms with van der Waals surface area (Å²) < 4.78 is 31.2. The Balaban J connectivity index is 1.86. The number of hydrogen-bond acceptors (Lipinski definition) is 3. The molecule has 1 N–H and O–H groups in total. The van der Waals surface area contributed by atoms with Crippen LogP contribution in [0.15, 0.2) is 17.2 Å². The summed E-state index contributed by atoms with van der Waals surface area (Å²) in [5.41, 5.74) is 0.693. The smallest absolute Gasteiger partial charge is 0.244 e. The second kappa shape index (κ2) is 6.26. The monoisotopic (exact) mass is 306 g/mol. The van der Waals surface area contributed by atoms with Crippen LogP contribution in [0.5, 0.6) is 0 Å². The van der Waals surface area contributed by atoms with E-state index in [-0.39, 0.29) is 10.8 Å². The molecule has 1 fully saturated rings. The van der Waals surface area contributed by atoms with Crippen molar-refractivity contribution in [2.75, 3.05) is 26.8 Å². The maximum atomic E-state index is 12.2. The molecule has 1 aromatic heterocycles. The molecule has 19 heavy (non-hydrogen) atoms. The fraction of sp³-hybridized carbons (Fsp3) is 0.667. The highest BCUT2D eigenvalue weighted by atomic mass is 35.5. The molecule has 0 aliphatic heterocycles. The van der Waals surface area contributed by atoms with Crippen LogP contribution in [0.2, 0.25) is 0 Å². The molecule has 0 amide bonds. The fourth-order valence-electron chi connectivity index (χ4n) is 1.67. The van der Waals surface area contributed by atoms with Crippen LogP contribution in [0.3, 0.4) is 0 Å². The van der Waals surface area contributed by atoms with Crippen LogP contribution in [0.4, 0.5) is 0 Å². The highest BCUT2D eigenvalue weighted by molar-refractivity contribution is 7.89. The van der Waals surface area contributed by atoms with E-state index in [1.54, 1.807) is 13.1 Å². The zero-order valence-electron chi connectivity index (χ0n) is 10.9. The van der Waals surface area contributed by atoms with Gasteiger partial charge < -0.3 is 9.72 Å². The molecule has 1 aromatic rings. The van der Waals surface area contributed by atoms with Gasteiger partial charge in [0, 0.05) is 32.1 Å². The predicted molar refractivity (Wildman–Crippen MR) is 73.7 cm³/mol. The summed E-state index contributed by atoms with van der Waals surface area (Å²) in [5, 5.41) is 0. The van der Waals surface area contributed by atoms with Crippen LogP contribution in [-0.4, -0.2) is 44.5 Å². The van der Waals surface area contributed by atoms with Gasteiger partial charge in [-0.2, -0.15) is 4.31 Å². The van der Waals surface area contributed by atoms with Crippen molar-refractivity contribution in [3.63, 3.8) is 0 Å². The van der Waals surface area contributed by atoms with Gasteiger partial charge in [0.2, 0.25) is 10.0 Å². The van der Waals surface area contributed by atoms with Gasteiger partial charge in [0.25, 0.3) is 0 Å². The molecule has 0 unspecified atom stereocenters. The van der Waals surface area contributed by atoms with Crippen LogP contribution in [0.1, 0.15) is 18.5 Å². The van der Waals surface area contributed by atoms with Gasteiger partial charge in [0.1, 0.15) is 0 Å². The molecular weight excluding hydrogens is 288 g/mol. The molecule has 5 nitrogen and oxygen atoms in total. The lowest BCUT2D eigenvalue weighted by molar-refractivity contribution is 0.117. The lowest BCUT2D eigenvalue weighted by Crippen LogP contribution is -2.30. The van der Waals surface area contributed by atoms with Crippen molar-refractivity contribution < 1.29 is 13.2 Å². The molecule has 108 valence electrons. The minimum atomic E-state index is -3.45. The molecule has 2 rings (SSSR count). The molecule has 1 heterocycles. The average Bonchev–Trinajstić information content (AvgIpc) is 3.07. The summed E-state index contributed by atoms with van der Waals surface area (Å²) in [4.78, 5) is 3.08. The maximum Gasteiger partial charge on any atom is 0.244 e. The molecule has 0 spiro atoms. The molecule has 7 heteroatoms. The quantitative estimate of drug-likeness (QED) is 0.588. The summed E-state index contributed by atoms with van der Waals surface area (Å²) >= 11 is 5.65. The van der Waals surface area contributed by atoms with Crippen molar-refractivity contribution >= 4 is 21.6 Å². The van der Waals surface area contributed by atoms with E-state index < -0.39 is 10.0 Å². The minimum absolute atomic E-state index is 0.243. The van der Waals surface area contributed by atoms with Gasteiger partial charge in [-0.15, -0.1) is 11.6 Å². The van der Waals surface area contributed by atoms with Crippen LogP contribution in [-0.2, 0) is 20.6 Å². The van der Waals surface area contributed by atoms with E-state index in [1.165, 1.54) is 23.3 Å². The SMILES string of the molecule is CN(CCOCC1CC1)S(=O)(=O)c1c[nH]c(CCl)c1. The van der Waals surface area contributed by atoms with E-state index in [0.29, 0.717) is 24.8 Å². The Labute approximate surface area is 118 Å². The van der Waals surface area contributed by atoms with Crippen molar-refractivity contribution in [1.29, 1.82) is 0 Å². The van der Waals surface area contributed by atoms with Crippen molar-refractivity contribution in [3.8, 4) is 0 Å². The van der Waals surface area contributed by atoms with Gasteiger partial charge in [-0.3, -0.25) is 0 Å². The van der Waals surface area contributed by atoms with Crippen LogP contribution >= 0.6 is 11.6 Å². The number of ether oxygens (including phenoxy) is 1. The first-order valence-electron chi connectivity index (χ1n) is 6.31. The number of hydrogen-bond donors (Lipinski definition) is 1. The van der Waals surface area contributed by atoms with E-state index in [9.17, 15) is 8.42 Å². The molecule has 0 radical (unpaired) electrons. The average molecular weight is 307 g/mol. The summed E-state index contributed by atoms with van der Waals surface area (Å²) in [6.07, 6.45) is 3.94. The van der Waals surface area contributed by atoms with Crippen LogP contribution in [0, 0.1) is 5.92 Å². The second-order valence-corrected chi connectivity index (χ2v) is 7.15. The number of rotatable bonds is 8. The standard InChI is InChI=1S/C12H19ClN2O3S/c1-15(4-5-18-9-10-2-3-10)19(16,17)12-6-11(7-13)14-8-12/h6,8,10,14H,2-5,7,9H2,1H3. The largest absolute Gasteiger partial charge is 0.380 e. The van der Waals surface area contributed by atoms with Crippen LogP contribution in [0.25, 0.3) is 0 Å². The van der Waals surface area contributed by atoms with E-state index >= 15 is 0 Å². The Morgan fingerprint density at radius 2 is 2.26 bits per heavy atom. The Hall–Kier alpha value is -0.560. The summed E-state index contributed by atoms with van der Waals surface area (Å²) in [6.45, 7) is 1.53. The molecule has 0 saturated heterocycles. The van der Waals surface area contributed by atoms with Gasteiger partial charge in [-0.25, -0.2) is 8.42 Å². The van der Waals surface area contributed by atoms with Crippen LogP contribution < -0.4 is 0 Å². The number of halogens is 1. The number of H-pyrrole nitrogens is 1. The van der Waals surface area contributed by atoms with E-state index in [4.69, 9.17) is 16.3 Å². The fourth-order valence-corrected chi connectivity index (χ4v) is 3.00. The van der Waals surface area contributed by atoms with Crippen molar-refractivity contribution in [2.24, 2.45) is 5.92 Å². The van der Waals surface area contributed by atoms with E-state index in [0.717, 1.165) is 6.61 Å². The third-order valence-corrected chi connectivity index (χ3v) is 5.29. The maximum absolute atomic E-state index is 12.2. The Bertz CT molecular complexity index is 511. The lowest BCUT2D eigenvalue weighted by atomic mass is 10.5. The van der Waals surface area contributed by atoms with Crippen molar-refractivity contribution in [3.05, 3.63) is 18.0 Å². The first-order valence-corrected chi connectivity index (χ1v) is 8.29. The topological polar surface area (TPSA) is 62.4 Å². The molecule has 0 atom stereocenters. The summed E-state index contributed by atoms with van der Waals surface area (Å²) in [7, 11) is -1.89. The van der Waals surface area contributed by atoms with Crippen molar-refractivity contribution in [1.82, 2.24) is 9.29 Å². The number of nitrogens with one attached hydrogen (secondary N) is 1. The third-order valence-electron chi connectivity index (χ3n) is 3.17. The molecule has 0 bridgehead atoms. The van der Waals surface area contributed by atoms with Gasteiger partial charge in [-0.1, -0.05) is 0 Å². The summed E-state index contributed by atoms with van der Waals surface area (Å²) in [5.74, 6) is 0.960. The van der Waals surface area contributed by atoms with E-state index in [1.807, 2.05) is 0 Å². The molecule has 1 saturated carbocycles. The highest BCUT2D eigenvalue weighted by Crippen LogP contribution is 2.28. The Morgan fingerprint density at radius 3 is 2.84 bits per heavy atom. The normalized spacial score (nSPS) is 16.2. The zero-order chi connectivity index (χ0) is 13.9. The Morgan fingerprint density at radius 1 is 1.53 bits per heavy atom. The first-order chi connectivity index (χ1) is 9.04. The van der Waals surface area contributed by atoms with Gasteiger partial charge in [0.15, 0.2) is 0 Å². The number of nitrogens with zero attached hydrogens (tertiary/aromatic N) is 1. The number of aromatic amines is 1. The summed E-state index contributed by atoms with van der Waals surface area (Å²) in [6, 6.07) is 1.56. The lowest BCUT2D eigenvalue weighted by Gasteiger charge is -2.16. The van der Waals surface area contributed by atoms with Gasteiger partial charge in [0.05, 0.1) is 17.4 Å². The Kier molecular flexibility index (Phi) is 4.89. The number of sulfonamides is 1. The minimum Gasteiger partial charge on any atom is -0.380 e. The first kappa shape index (κ1) is 14.8. The predicted octanol–water partition coefficient (Wildman–Crippen LogP) is 1.80. The van der Waals surface area contributed by atoms with Gasteiger partial charge >= 0.3 is 0 Å². The van der Waals surface area contributed by atoms with Crippen molar-refractivity contribution in [2.45, 2.75) is 23.6 Å². The highest BCUT2D eigenvalue weighted by Gasteiger charge is 2.23. The number of aromatic nitrogens is 1.